The summed E-state index contributed by atoms with van der Waals surface area (Å²) in [7, 11) is 0. The van der Waals surface area contributed by atoms with Gasteiger partial charge in [-0.2, -0.15) is 0 Å². The van der Waals surface area contributed by atoms with E-state index in [0.29, 0.717) is 24.8 Å². The van der Waals surface area contributed by atoms with Gasteiger partial charge in [0.2, 0.25) is 5.91 Å². The predicted octanol–water partition coefficient (Wildman–Crippen LogP) is 4.73. The lowest BCUT2D eigenvalue weighted by molar-refractivity contribution is -0.133. The van der Waals surface area contributed by atoms with Crippen LogP contribution in [-0.4, -0.2) is 10.9 Å². The van der Waals surface area contributed by atoms with Gasteiger partial charge in [0.15, 0.2) is 0 Å². The molecule has 0 radical (unpaired) electrons. The van der Waals surface area contributed by atoms with Crippen molar-refractivity contribution in [2.24, 2.45) is 29.6 Å². The standard InChI is InChI=1S/C25H30N2O/c1-17-18-11-21-13-19(17)14-22(12-18)25(21,20-7-3-2-4-8-20)15-24(28)27-16-23-9-5-6-10-26-23/h2-10,17-19,21-22H,11-16H2,1H3,(H,27,28). The fourth-order valence-electron chi connectivity index (χ4n) is 6.90. The van der Waals surface area contributed by atoms with Crippen molar-refractivity contribution in [3.05, 3.63) is 66.0 Å². The third-order valence-corrected chi connectivity index (χ3v) is 8.25. The fourth-order valence-corrected chi connectivity index (χ4v) is 6.90. The molecule has 3 nitrogen and oxygen atoms in total. The maximum absolute atomic E-state index is 13.1. The van der Waals surface area contributed by atoms with E-state index >= 15 is 0 Å². The first-order valence-corrected chi connectivity index (χ1v) is 10.9. The Hall–Kier alpha value is -2.16. The van der Waals surface area contributed by atoms with Gasteiger partial charge >= 0.3 is 0 Å². The SMILES string of the molecule is CC1C2CC3CC1CC(C2)C3(CC(=O)NCc1ccccn1)c1ccccc1. The van der Waals surface area contributed by atoms with Gasteiger partial charge in [-0.3, -0.25) is 9.78 Å². The minimum absolute atomic E-state index is 0.0165. The molecule has 1 aromatic heterocycles. The Balaban J connectivity index is 1.41. The van der Waals surface area contributed by atoms with Crippen LogP contribution in [0.15, 0.2) is 54.7 Å². The van der Waals surface area contributed by atoms with E-state index in [2.05, 4.69) is 47.6 Å². The highest BCUT2D eigenvalue weighted by molar-refractivity contribution is 5.78. The maximum atomic E-state index is 13.1. The summed E-state index contributed by atoms with van der Waals surface area (Å²) in [5.74, 6) is 4.09. The second kappa shape index (κ2) is 7.02. The molecule has 3 heteroatoms. The van der Waals surface area contributed by atoms with E-state index in [4.69, 9.17) is 0 Å². The Morgan fingerprint density at radius 2 is 1.64 bits per heavy atom. The lowest BCUT2D eigenvalue weighted by Gasteiger charge is -2.63. The van der Waals surface area contributed by atoms with Gasteiger partial charge in [-0.25, -0.2) is 0 Å². The molecule has 28 heavy (non-hydrogen) atoms. The van der Waals surface area contributed by atoms with Crippen LogP contribution in [0, 0.1) is 29.6 Å². The number of hydrogen-bond acceptors (Lipinski definition) is 2. The molecule has 4 bridgehead atoms. The summed E-state index contributed by atoms with van der Waals surface area (Å²) >= 11 is 0. The molecule has 0 unspecified atom stereocenters. The van der Waals surface area contributed by atoms with Crippen LogP contribution in [0.2, 0.25) is 0 Å². The molecule has 0 aliphatic heterocycles. The van der Waals surface area contributed by atoms with Crippen molar-refractivity contribution < 1.29 is 4.79 Å². The number of nitrogens with zero attached hydrogens (tertiary/aromatic N) is 1. The van der Waals surface area contributed by atoms with E-state index in [1.807, 2.05) is 18.2 Å². The van der Waals surface area contributed by atoms with Gasteiger partial charge < -0.3 is 5.32 Å². The van der Waals surface area contributed by atoms with Crippen LogP contribution in [0.3, 0.4) is 0 Å². The molecule has 1 amide bonds. The molecular weight excluding hydrogens is 344 g/mol. The summed E-state index contributed by atoms with van der Waals surface area (Å²) in [5, 5.41) is 3.16. The number of hydrogen-bond donors (Lipinski definition) is 1. The van der Waals surface area contributed by atoms with E-state index in [-0.39, 0.29) is 11.3 Å². The zero-order chi connectivity index (χ0) is 19.1. The van der Waals surface area contributed by atoms with Crippen LogP contribution in [0.1, 0.15) is 50.3 Å². The molecular formula is C25H30N2O. The summed E-state index contributed by atoms with van der Waals surface area (Å²) in [4.78, 5) is 17.5. The van der Waals surface area contributed by atoms with Crippen molar-refractivity contribution in [1.82, 2.24) is 10.3 Å². The van der Waals surface area contributed by atoms with Crippen LogP contribution in [0.4, 0.5) is 0 Å². The van der Waals surface area contributed by atoms with E-state index in [1.54, 1.807) is 6.20 Å². The molecule has 6 rings (SSSR count). The van der Waals surface area contributed by atoms with Gasteiger partial charge in [-0.1, -0.05) is 43.3 Å². The molecule has 1 aromatic carbocycles. The summed E-state index contributed by atoms with van der Waals surface area (Å²) in [6, 6.07) is 16.8. The second-order valence-corrected chi connectivity index (χ2v) is 9.40. The quantitative estimate of drug-likeness (QED) is 0.822. The maximum Gasteiger partial charge on any atom is 0.221 e. The van der Waals surface area contributed by atoms with E-state index < -0.39 is 0 Å². The number of amides is 1. The van der Waals surface area contributed by atoms with Crippen LogP contribution in [0.5, 0.6) is 0 Å². The van der Waals surface area contributed by atoms with Crippen LogP contribution in [-0.2, 0) is 16.8 Å². The zero-order valence-corrected chi connectivity index (χ0v) is 16.7. The number of aromatic nitrogens is 1. The highest BCUT2D eigenvalue weighted by Gasteiger charge is 2.60. The third kappa shape index (κ3) is 2.87. The molecule has 2 aromatic rings. The fraction of sp³-hybridized carbons (Fsp3) is 0.520. The molecule has 1 N–H and O–H groups in total. The molecule has 0 saturated heterocycles. The minimum Gasteiger partial charge on any atom is -0.350 e. The average Bonchev–Trinajstić information content (AvgIpc) is 2.72. The normalized spacial score (nSPS) is 35.7. The van der Waals surface area contributed by atoms with Crippen molar-refractivity contribution in [1.29, 1.82) is 0 Å². The minimum atomic E-state index is 0.0165. The highest BCUT2D eigenvalue weighted by Crippen LogP contribution is 2.65. The Morgan fingerprint density at radius 3 is 2.25 bits per heavy atom. The molecule has 4 saturated carbocycles. The summed E-state index contributed by atoms with van der Waals surface area (Å²) in [6.07, 6.45) is 7.61. The predicted molar refractivity (Wildman–Crippen MR) is 110 cm³/mol. The Kier molecular flexibility index (Phi) is 4.49. The lowest BCUT2D eigenvalue weighted by Crippen LogP contribution is -2.59. The van der Waals surface area contributed by atoms with Crippen LogP contribution >= 0.6 is 0 Å². The topological polar surface area (TPSA) is 42.0 Å². The number of pyridine rings is 1. The van der Waals surface area contributed by atoms with E-state index in [0.717, 1.165) is 23.4 Å². The summed E-state index contributed by atoms with van der Waals surface area (Å²) < 4.78 is 0. The van der Waals surface area contributed by atoms with Crippen LogP contribution < -0.4 is 5.32 Å². The van der Waals surface area contributed by atoms with Crippen molar-refractivity contribution in [2.45, 2.75) is 51.0 Å². The summed E-state index contributed by atoms with van der Waals surface area (Å²) in [5.41, 5.74) is 2.33. The number of carbonyl (C=O) groups is 1. The Labute approximate surface area is 168 Å². The smallest absolute Gasteiger partial charge is 0.221 e. The molecule has 0 atom stereocenters. The average molecular weight is 375 g/mol. The molecule has 4 fully saturated rings. The van der Waals surface area contributed by atoms with Crippen molar-refractivity contribution in [2.75, 3.05) is 0 Å². The van der Waals surface area contributed by atoms with E-state index in [1.165, 1.54) is 31.2 Å². The Morgan fingerprint density at radius 1 is 1.00 bits per heavy atom. The first-order chi connectivity index (χ1) is 13.7. The highest BCUT2D eigenvalue weighted by atomic mass is 16.1. The van der Waals surface area contributed by atoms with Crippen LogP contribution in [0.25, 0.3) is 0 Å². The number of rotatable bonds is 5. The van der Waals surface area contributed by atoms with Gasteiger partial charge in [-0.15, -0.1) is 0 Å². The first-order valence-electron chi connectivity index (χ1n) is 10.9. The number of carbonyl (C=O) groups excluding carboxylic acids is 1. The van der Waals surface area contributed by atoms with Crippen molar-refractivity contribution in [3.63, 3.8) is 0 Å². The molecule has 4 aliphatic rings. The monoisotopic (exact) mass is 374 g/mol. The van der Waals surface area contributed by atoms with Gasteiger partial charge in [0.1, 0.15) is 0 Å². The molecule has 0 spiro atoms. The second-order valence-electron chi connectivity index (χ2n) is 9.40. The van der Waals surface area contributed by atoms with Crippen molar-refractivity contribution >= 4 is 5.91 Å². The van der Waals surface area contributed by atoms with E-state index in [9.17, 15) is 4.79 Å². The molecule has 146 valence electrons. The lowest BCUT2D eigenvalue weighted by atomic mass is 9.41. The third-order valence-electron chi connectivity index (χ3n) is 8.25. The van der Waals surface area contributed by atoms with Crippen molar-refractivity contribution in [3.8, 4) is 0 Å². The molecule has 4 aliphatic carbocycles. The van der Waals surface area contributed by atoms with Gasteiger partial charge in [-0.05, 0) is 73.0 Å². The van der Waals surface area contributed by atoms with Gasteiger partial charge in [0.05, 0.1) is 12.2 Å². The van der Waals surface area contributed by atoms with Gasteiger partial charge in [0, 0.05) is 18.0 Å². The largest absolute Gasteiger partial charge is 0.350 e. The number of benzene rings is 1. The van der Waals surface area contributed by atoms with Gasteiger partial charge in [0.25, 0.3) is 0 Å². The first kappa shape index (κ1) is 17.9. The summed E-state index contributed by atoms with van der Waals surface area (Å²) in [6.45, 7) is 2.99. The zero-order valence-electron chi connectivity index (χ0n) is 16.7. The Bertz CT molecular complexity index is 802. The molecule has 1 heterocycles. The number of nitrogens with one attached hydrogen (secondary N) is 1.